The summed E-state index contributed by atoms with van der Waals surface area (Å²) in [5.41, 5.74) is 3.25. The number of anilines is 1. The lowest BCUT2D eigenvalue weighted by Crippen LogP contribution is -2.47. The normalized spacial score (nSPS) is 17.1. The van der Waals surface area contributed by atoms with Crippen molar-refractivity contribution >= 4 is 28.2 Å². The lowest BCUT2D eigenvalue weighted by atomic mass is 10.1. The first-order valence-corrected chi connectivity index (χ1v) is 9.05. The molecule has 0 radical (unpaired) electrons. The Labute approximate surface area is 152 Å². The molecular weight excluding hydrogens is 334 g/mol. The number of H-pyrrole nitrogens is 1. The molecule has 0 amide bonds. The van der Waals surface area contributed by atoms with Gasteiger partial charge in [0.05, 0.1) is 6.10 Å². The predicted molar refractivity (Wildman–Crippen MR) is 103 cm³/mol. The van der Waals surface area contributed by atoms with Crippen LogP contribution in [0.1, 0.15) is 11.7 Å². The largest absolute Gasteiger partial charge is 0.387 e. The second-order valence-electron chi connectivity index (χ2n) is 6.60. The molecule has 1 aliphatic rings. The maximum atomic E-state index is 10.6. The van der Waals surface area contributed by atoms with E-state index in [0.717, 1.165) is 42.3 Å². The van der Waals surface area contributed by atoms with Crippen molar-refractivity contribution in [1.82, 2.24) is 9.88 Å². The van der Waals surface area contributed by atoms with E-state index < -0.39 is 6.10 Å². The van der Waals surface area contributed by atoms with Crippen LogP contribution in [-0.2, 0) is 0 Å². The maximum absolute atomic E-state index is 10.6. The summed E-state index contributed by atoms with van der Waals surface area (Å²) in [6, 6.07) is 16.2. The fraction of sp³-hybridized carbons (Fsp3) is 0.300. The van der Waals surface area contributed by atoms with Crippen LogP contribution in [0.25, 0.3) is 10.9 Å². The van der Waals surface area contributed by atoms with E-state index in [2.05, 4.69) is 33.0 Å². The van der Waals surface area contributed by atoms with Crippen LogP contribution in [0.4, 0.5) is 5.69 Å². The highest BCUT2D eigenvalue weighted by atomic mass is 35.5. The minimum absolute atomic E-state index is 0.463. The van der Waals surface area contributed by atoms with Crippen LogP contribution in [0.2, 0.25) is 5.02 Å². The molecule has 1 aliphatic heterocycles. The number of fused-ring (bicyclic) bond motifs is 1. The molecule has 0 aliphatic carbocycles. The molecule has 4 rings (SSSR count). The van der Waals surface area contributed by atoms with Crippen LogP contribution < -0.4 is 4.90 Å². The molecule has 0 bridgehead atoms. The van der Waals surface area contributed by atoms with Gasteiger partial charge in [0.15, 0.2) is 0 Å². The van der Waals surface area contributed by atoms with Gasteiger partial charge in [-0.1, -0.05) is 23.7 Å². The van der Waals surface area contributed by atoms with Gasteiger partial charge in [-0.2, -0.15) is 0 Å². The molecule has 25 heavy (non-hydrogen) atoms. The summed E-state index contributed by atoms with van der Waals surface area (Å²) in [6.07, 6.45) is 1.46. The van der Waals surface area contributed by atoms with Crippen molar-refractivity contribution in [2.75, 3.05) is 37.6 Å². The molecular formula is C20H22ClN3O. The Morgan fingerprint density at radius 1 is 1.00 bits per heavy atom. The summed E-state index contributed by atoms with van der Waals surface area (Å²) in [5.74, 6) is 0. The number of hydrogen-bond donors (Lipinski definition) is 2. The summed E-state index contributed by atoms with van der Waals surface area (Å²) in [4.78, 5) is 7.90. The molecule has 4 nitrogen and oxygen atoms in total. The van der Waals surface area contributed by atoms with E-state index in [1.807, 2.05) is 36.5 Å². The van der Waals surface area contributed by atoms with Gasteiger partial charge in [0, 0.05) is 55.1 Å². The van der Waals surface area contributed by atoms with E-state index in [0.29, 0.717) is 6.54 Å². The van der Waals surface area contributed by atoms with Gasteiger partial charge in [-0.15, -0.1) is 0 Å². The number of piperazine rings is 1. The first kappa shape index (κ1) is 16.5. The first-order valence-electron chi connectivity index (χ1n) is 8.67. The van der Waals surface area contributed by atoms with Crippen LogP contribution in [-0.4, -0.2) is 47.7 Å². The Morgan fingerprint density at radius 3 is 2.52 bits per heavy atom. The number of rotatable bonds is 4. The monoisotopic (exact) mass is 355 g/mol. The molecule has 0 spiro atoms. The quantitative estimate of drug-likeness (QED) is 0.750. The topological polar surface area (TPSA) is 42.5 Å². The van der Waals surface area contributed by atoms with Gasteiger partial charge in [-0.05, 0) is 47.3 Å². The number of benzene rings is 2. The van der Waals surface area contributed by atoms with Gasteiger partial charge in [-0.3, -0.25) is 4.90 Å². The van der Waals surface area contributed by atoms with Crippen molar-refractivity contribution in [1.29, 1.82) is 0 Å². The van der Waals surface area contributed by atoms with E-state index in [-0.39, 0.29) is 0 Å². The number of aromatic amines is 1. The molecule has 2 heterocycles. The molecule has 5 heteroatoms. The Bertz CT molecular complexity index is 838. The van der Waals surface area contributed by atoms with Crippen molar-refractivity contribution in [2.24, 2.45) is 0 Å². The third-order valence-electron chi connectivity index (χ3n) is 4.96. The lowest BCUT2D eigenvalue weighted by molar-refractivity contribution is 0.109. The van der Waals surface area contributed by atoms with Gasteiger partial charge in [-0.25, -0.2) is 0 Å². The molecule has 1 aromatic heterocycles. The van der Waals surface area contributed by atoms with E-state index >= 15 is 0 Å². The number of β-amino-alcohol motifs (C(OH)–C–C–N with tert-alkyl or cyclic N) is 1. The van der Waals surface area contributed by atoms with Gasteiger partial charge in [0.25, 0.3) is 0 Å². The summed E-state index contributed by atoms with van der Waals surface area (Å²) in [7, 11) is 0. The van der Waals surface area contributed by atoms with Crippen LogP contribution in [0.5, 0.6) is 0 Å². The van der Waals surface area contributed by atoms with Crippen molar-refractivity contribution in [3.05, 3.63) is 65.3 Å². The zero-order chi connectivity index (χ0) is 17.2. The SMILES string of the molecule is O[C@H](CN1CCN(c2ccc(Cl)cc2)CC1)c1ccc2cc[nH]c2c1. The highest BCUT2D eigenvalue weighted by Gasteiger charge is 2.20. The summed E-state index contributed by atoms with van der Waals surface area (Å²) < 4.78 is 0. The number of aliphatic hydroxyl groups is 1. The molecule has 0 saturated carbocycles. The predicted octanol–water partition coefficient (Wildman–Crippen LogP) is 3.68. The standard InChI is InChI=1S/C20H22ClN3O/c21-17-3-5-18(6-4-17)24-11-9-23(10-12-24)14-20(25)16-2-1-15-7-8-22-19(15)13-16/h1-8,13,20,22,25H,9-12,14H2/t20-/m1/s1. The summed E-state index contributed by atoms with van der Waals surface area (Å²) >= 11 is 5.96. The number of aromatic nitrogens is 1. The Kier molecular flexibility index (Phi) is 4.66. The fourth-order valence-corrected chi connectivity index (χ4v) is 3.59. The molecule has 2 N–H and O–H groups in total. The number of halogens is 1. The Hall–Kier alpha value is -2.01. The molecule has 0 unspecified atom stereocenters. The Morgan fingerprint density at radius 2 is 1.76 bits per heavy atom. The highest BCUT2D eigenvalue weighted by Crippen LogP contribution is 2.22. The molecule has 1 saturated heterocycles. The average molecular weight is 356 g/mol. The van der Waals surface area contributed by atoms with Crippen LogP contribution in [0.15, 0.2) is 54.7 Å². The highest BCUT2D eigenvalue weighted by molar-refractivity contribution is 6.30. The number of nitrogens with one attached hydrogen (secondary N) is 1. The molecule has 3 aromatic rings. The summed E-state index contributed by atoms with van der Waals surface area (Å²) in [5, 5.41) is 12.5. The molecule has 1 fully saturated rings. The average Bonchev–Trinajstić information content (AvgIpc) is 3.11. The van der Waals surface area contributed by atoms with Gasteiger partial charge < -0.3 is 15.0 Å². The maximum Gasteiger partial charge on any atom is 0.0917 e. The van der Waals surface area contributed by atoms with Gasteiger partial charge in [0.1, 0.15) is 0 Å². The fourth-order valence-electron chi connectivity index (χ4n) is 3.46. The zero-order valence-electron chi connectivity index (χ0n) is 14.0. The second kappa shape index (κ2) is 7.08. The lowest BCUT2D eigenvalue weighted by Gasteiger charge is -2.37. The first-order chi connectivity index (χ1) is 12.2. The second-order valence-corrected chi connectivity index (χ2v) is 7.04. The zero-order valence-corrected chi connectivity index (χ0v) is 14.8. The summed E-state index contributed by atoms with van der Waals surface area (Å²) in [6.45, 7) is 4.49. The smallest absolute Gasteiger partial charge is 0.0917 e. The van der Waals surface area contributed by atoms with Gasteiger partial charge in [0.2, 0.25) is 0 Å². The minimum atomic E-state index is -0.463. The molecule has 2 aromatic carbocycles. The molecule has 130 valence electrons. The van der Waals surface area contributed by atoms with Crippen molar-refractivity contribution < 1.29 is 5.11 Å². The third-order valence-corrected chi connectivity index (χ3v) is 5.21. The molecule has 1 atom stereocenters. The van der Waals surface area contributed by atoms with E-state index in [4.69, 9.17) is 11.6 Å². The van der Waals surface area contributed by atoms with Crippen LogP contribution >= 0.6 is 11.6 Å². The van der Waals surface area contributed by atoms with E-state index in [1.165, 1.54) is 11.1 Å². The Balaban J connectivity index is 1.35. The number of nitrogens with zero attached hydrogens (tertiary/aromatic N) is 2. The number of aliphatic hydroxyl groups excluding tert-OH is 1. The van der Waals surface area contributed by atoms with Crippen LogP contribution in [0.3, 0.4) is 0 Å². The van der Waals surface area contributed by atoms with Crippen LogP contribution in [0, 0.1) is 0 Å². The minimum Gasteiger partial charge on any atom is -0.387 e. The number of hydrogen-bond acceptors (Lipinski definition) is 3. The van der Waals surface area contributed by atoms with Crippen molar-refractivity contribution in [3.8, 4) is 0 Å². The van der Waals surface area contributed by atoms with E-state index in [1.54, 1.807) is 0 Å². The third kappa shape index (κ3) is 3.66. The van der Waals surface area contributed by atoms with E-state index in [9.17, 15) is 5.11 Å². The van der Waals surface area contributed by atoms with Crippen molar-refractivity contribution in [2.45, 2.75) is 6.10 Å². The van der Waals surface area contributed by atoms with Gasteiger partial charge >= 0.3 is 0 Å². The van der Waals surface area contributed by atoms with Crippen molar-refractivity contribution in [3.63, 3.8) is 0 Å².